The third kappa shape index (κ3) is 3.24. The Hall–Kier alpha value is -2.84. The number of nitrogens with zero attached hydrogens (tertiary/aromatic N) is 4. The average Bonchev–Trinajstić information content (AvgIpc) is 2.63. The van der Waals surface area contributed by atoms with E-state index in [1.54, 1.807) is 18.6 Å². The molecule has 0 saturated carbocycles. The van der Waals surface area contributed by atoms with Crippen LogP contribution < -0.4 is 10.2 Å². The fourth-order valence-electron chi connectivity index (χ4n) is 2.41. The van der Waals surface area contributed by atoms with Crippen molar-refractivity contribution in [1.29, 1.82) is 0 Å². The molecule has 126 valence electrons. The van der Waals surface area contributed by atoms with Gasteiger partial charge in [-0.05, 0) is 12.1 Å². The standard InChI is InChI=1S/C15H14F3N5O/c16-10-1-2-11(14(18)13(10)17)21-15(24)23-7-5-22(6-8-23)12-9-19-3-4-20-12/h1-4,9H,5-8H2,(H,21,24). The van der Waals surface area contributed by atoms with Crippen molar-refractivity contribution in [3.05, 3.63) is 48.2 Å². The van der Waals surface area contributed by atoms with Crippen molar-refractivity contribution in [3.8, 4) is 0 Å². The zero-order valence-electron chi connectivity index (χ0n) is 12.5. The monoisotopic (exact) mass is 337 g/mol. The maximum atomic E-state index is 13.6. The number of rotatable bonds is 2. The van der Waals surface area contributed by atoms with Gasteiger partial charge in [-0.1, -0.05) is 0 Å². The number of nitrogens with one attached hydrogen (secondary N) is 1. The topological polar surface area (TPSA) is 61.4 Å². The summed E-state index contributed by atoms with van der Waals surface area (Å²) in [6.45, 7) is 1.83. The van der Waals surface area contributed by atoms with Crippen LogP contribution in [0.3, 0.4) is 0 Å². The number of carbonyl (C=O) groups is 1. The van der Waals surface area contributed by atoms with Gasteiger partial charge in [0, 0.05) is 38.6 Å². The summed E-state index contributed by atoms with van der Waals surface area (Å²) < 4.78 is 39.7. The fraction of sp³-hybridized carbons (Fsp3) is 0.267. The first-order valence-corrected chi connectivity index (χ1v) is 7.26. The molecule has 0 radical (unpaired) electrons. The van der Waals surface area contributed by atoms with Gasteiger partial charge in [-0.3, -0.25) is 4.98 Å². The molecule has 1 N–H and O–H groups in total. The minimum absolute atomic E-state index is 0.383. The summed E-state index contributed by atoms with van der Waals surface area (Å²) in [6.07, 6.45) is 4.79. The van der Waals surface area contributed by atoms with Gasteiger partial charge in [-0.25, -0.2) is 22.9 Å². The number of hydrogen-bond donors (Lipinski definition) is 1. The number of halogens is 3. The second-order valence-electron chi connectivity index (χ2n) is 5.19. The molecule has 2 heterocycles. The Kier molecular flexibility index (Phi) is 4.50. The van der Waals surface area contributed by atoms with Crippen molar-refractivity contribution in [2.75, 3.05) is 36.4 Å². The Morgan fingerprint density at radius 1 is 1.04 bits per heavy atom. The van der Waals surface area contributed by atoms with E-state index < -0.39 is 29.2 Å². The van der Waals surface area contributed by atoms with Gasteiger partial charge in [-0.15, -0.1) is 0 Å². The molecule has 2 amide bonds. The van der Waals surface area contributed by atoms with Crippen molar-refractivity contribution in [2.24, 2.45) is 0 Å². The maximum absolute atomic E-state index is 13.6. The van der Waals surface area contributed by atoms with Crippen LogP contribution in [0, 0.1) is 17.5 Å². The van der Waals surface area contributed by atoms with Crippen molar-refractivity contribution >= 4 is 17.5 Å². The molecule has 1 fully saturated rings. The largest absolute Gasteiger partial charge is 0.352 e. The summed E-state index contributed by atoms with van der Waals surface area (Å²) in [6, 6.07) is 1.18. The van der Waals surface area contributed by atoms with E-state index in [1.165, 1.54) is 4.90 Å². The maximum Gasteiger partial charge on any atom is 0.322 e. The SMILES string of the molecule is O=C(Nc1ccc(F)c(F)c1F)N1CCN(c2cnccn2)CC1. The predicted molar refractivity (Wildman–Crippen MR) is 81.2 cm³/mol. The molecule has 1 aliphatic heterocycles. The molecule has 0 unspecified atom stereocenters. The first-order valence-electron chi connectivity index (χ1n) is 7.26. The zero-order valence-corrected chi connectivity index (χ0v) is 12.5. The van der Waals surface area contributed by atoms with Crippen LogP contribution in [-0.2, 0) is 0 Å². The molecule has 1 saturated heterocycles. The highest BCUT2D eigenvalue weighted by molar-refractivity contribution is 5.89. The number of amides is 2. The van der Waals surface area contributed by atoms with Crippen LogP contribution >= 0.6 is 0 Å². The predicted octanol–water partition coefficient (Wildman–Crippen LogP) is 2.25. The lowest BCUT2D eigenvalue weighted by atomic mass is 10.2. The van der Waals surface area contributed by atoms with Gasteiger partial charge < -0.3 is 15.1 Å². The summed E-state index contributed by atoms with van der Waals surface area (Å²) in [5, 5.41) is 2.26. The Labute approximate surface area is 135 Å². The normalized spacial score (nSPS) is 14.6. The van der Waals surface area contributed by atoms with Crippen LogP contribution in [0.4, 0.5) is 29.5 Å². The third-order valence-corrected chi connectivity index (χ3v) is 3.72. The Morgan fingerprint density at radius 2 is 1.79 bits per heavy atom. The quantitative estimate of drug-likeness (QED) is 0.854. The number of carbonyl (C=O) groups excluding carboxylic acids is 1. The molecule has 0 aliphatic carbocycles. The van der Waals surface area contributed by atoms with Crippen molar-refractivity contribution in [2.45, 2.75) is 0 Å². The number of anilines is 2. The molecule has 0 spiro atoms. The first kappa shape index (κ1) is 16.0. The minimum Gasteiger partial charge on any atom is -0.352 e. The van der Waals surface area contributed by atoms with Crippen LogP contribution in [0.1, 0.15) is 0 Å². The highest BCUT2D eigenvalue weighted by Gasteiger charge is 2.23. The molecule has 6 nitrogen and oxygen atoms in total. The first-order chi connectivity index (χ1) is 11.6. The molecule has 9 heteroatoms. The second kappa shape index (κ2) is 6.73. The molecule has 0 atom stereocenters. The fourth-order valence-corrected chi connectivity index (χ4v) is 2.41. The molecule has 0 bridgehead atoms. The van der Waals surface area contributed by atoms with E-state index in [0.29, 0.717) is 32.0 Å². The van der Waals surface area contributed by atoms with E-state index in [2.05, 4.69) is 15.3 Å². The number of benzene rings is 1. The number of hydrogen-bond acceptors (Lipinski definition) is 4. The van der Waals surface area contributed by atoms with Crippen molar-refractivity contribution in [3.63, 3.8) is 0 Å². The molecule has 24 heavy (non-hydrogen) atoms. The molecular formula is C15H14F3N5O. The van der Waals surface area contributed by atoms with Gasteiger partial charge in [0.1, 0.15) is 5.82 Å². The van der Waals surface area contributed by atoms with E-state index in [-0.39, 0.29) is 0 Å². The van der Waals surface area contributed by atoms with Gasteiger partial charge in [-0.2, -0.15) is 0 Å². The molecule has 1 aliphatic rings. The van der Waals surface area contributed by atoms with Crippen LogP contribution in [0.2, 0.25) is 0 Å². The molecular weight excluding hydrogens is 323 g/mol. The van der Waals surface area contributed by atoms with Crippen molar-refractivity contribution in [1.82, 2.24) is 14.9 Å². The van der Waals surface area contributed by atoms with E-state index >= 15 is 0 Å². The molecule has 1 aromatic carbocycles. The van der Waals surface area contributed by atoms with E-state index in [0.717, 1.165) is 12.1 Å². The van der Waals surface area contributed by atoms with Gasteiger partial charge >= 0.3 is 6.03 Å². The smallest absolute Gasteiger partial charge is 0.322 e. The van der Waals surface area contributed by atoms with E-state index in [9.17, 15) is 18.0 Å². The Balaban J connectivity index is 1.61. The molecule has 3 rings (SSSR count). The number of piperazine rings is 1. The minimum atomic E-state index is -1.61. The van der Waals surface area contributed by atoms with Gasteiger partial charge in [0.15, 0.2) is 17.5 Å². The van der Waals surface area contributed by atoms with Gasteiger partial charge in [0.05, 0.1) is 11.9 Å². The average molecular weight is 337 g/mol. The Morgan fingerprint density at radius 3 is 2.46 bits per heavy atom. The molecule has 1 aromatic heterocycles. The number of urea groups is 1. The van der Waals surface area contributed by atoms with Gasteiger partial charge in [0.25, 0.3) is 0 Å². The number of aromatic nitrogens is 2. The summed E-state index contributed by atoms with van der Waals surface area (Å²) in [7, 11) is 0. The van der Waals surface area contributed by atoms with E-state index in [1.807, 2.05) is 4.90 Å². The zero-order chi connectivity index (χ0) is 17.1. The summed E-state index contributed by atoms with van der Waals surface area (Å²) >= 11 is 0. The third-order valence-electron chi connectivity index (χ3n) is 3.72. The Bertz CT molecular complexity index is 735. The van der Waals surface area contributed by atoms with Gasteiger partial charge in [0.2, 0.25) is 0 Å². The lowest BCUT2D eigenvalue weighted by Gasteiger charge is -2.35. The van der Waals surface area contributed by atoms with Crippen LogP contribution in [0.15, 0.2) is 30.7 Å². The van der Waals surface area contributed by atoms with E-state index in [4.69, 9.17) is 0 Å². The van der Waals surface area contributed by atoms with Crippen molar-refractivity contribution < 1.29 is 18.0 Å². The lowest BCUT2D eigenvalue weighted by Crippen LogP contribution is -2.50. The summed E-state index contributed by atoms with van der Waals surface area (Å²) in [5.41, 5.74) is -0.393. The highest BCUT2D eigenvalue weighted by Crippen LogP contribution is 2.20. The highest BCUT2D eigenvalue weighted by atomic mass is 19.2. The van der Waals surface area contributed by atoms with Crippen LogP contribution in [-0.4, -0.2) is 47.1 Å². The van der Waals surface area contributed by atoms with Crippen LogP contribution in [0.25, 0.3) is 0 Å². The summed E-state index contributed by atoms with van der Waals surface area (Å²) in [4.78, 5) is 23.8. The second-order valence-corrected chi connectivity index (χ2v) is 5.19. The lowest BCUT2D eigenvalue weighted by molar-refractivity contribution is 0.208. The van der Waals surface area contributed by atoms with Crippen LogP contribution in [0.5, 0.6) is 0 Å². The molecule has 2 aromatic rings. The summed E-state index contributed by atoms with van der Waals surface area (Å²) in [5.74, 6) is -3.62.